The van der Waals surface area contributed by atoms with Gasteiger partial charge in [0.25, 0.3) is 0 Å². The molecule has 1 aliphatic carbocycles. The molecule has 1 saturated carbocycles. The van der Waals surface area contributed by atoms with Crippen molar-refractivity contribution < 1.29 is 28.2 Å². The van der Waals surface area contributed by atoms with Gasteiger partial charge in [-0.1, -0.05) is 17.7 Å². The number of hydrogen-bond acceptors (Lipinski definition) is 9. The number of fused-ring (bicyclic) bond motifs is 1. The summed E-state index contributed by atoms with van der Waals surface area (Å²) in [5.74, 6) is 0.396. The van der Waals surface area contributed by atoms with Crippen molar-refractivity contribution in [3.63, 3.8) is 0 Å². The average Bonchev–Trinajstić information content (AvgIpc) is 3.82. The van der Waals surface area contributed by atoms with Gasteiger partial charge >= 0.3 is 5.97 Å². The molecule has 0 bridgehead atoms. The van der Waals surface area contributed by atoms with Gasteiger partial charge in [-0.2, -0.15) is 0 Å². The lowest BCUT2D eigenvalue weighted by molar-refractivity contribution is -0.195. The Morgan fingerprint density at radius 2 is 2.05 bits per heavy atom. The van der Waals surface area contributed by atoms with Crippen LogP contribution >= 0.6 is 11.6 Å². The van der Waals surface area contributed by atoms with E-state index in [1.807, 2.05) is 6.08 Å². The molecule has 0 atom stereocenters. The lowest BCUT2D eigenvalue weighted by Gasteiger charge is -2.42. The SMILES string of the molecule is O=C(C=CCN1CCC2(CC1)COC(=O)CO2)Nc1cc2c(Nc3ccc(F)c(Cl)c3)ncnc2cc1OCC1CC1. The first-order valence-electron chi connectivity index (χ1n) is 14.0. The van der Waals surface area contributed by atoms with Gasteiger partial charge in [0, 0.05) is 42.9 Å². The van der Waals surface area contributed by atoms with Crippen molar-refractivity contribution in [2.24, 2.45) is 5.92 Å². The highest BCUT2D eigenvalue weighted by Gasteiger charge is 2.40. The number of nitrogens with zero attached hydrogens (tertiary/aromatic N) is 3. The van der Waals surface area contributed by atoms with Gasteiger partial charge in [-0.15, -0.1) is 0 Å². The highest BCUT2D eigenvalue weighted by atomic mass is 35.5. The van der Waals surface area contributed by atoms with Crippen molar-refractivity contribution >= 4 is 51.6 Å². The molecule has 220 valence electrons. The van der Waals surface area contributed by atoms with Crippen LogP contribution in [0.25, 0.3) is 10.9 Å². The third kappa shape index (κ3) is 6.80. The summed E-state index contributed by atoms with van der Waals surface area (Å²) in [6.07, 6.45) is 8.56. The number of aromatic nitrogens is 2. The number of carbonyl (C=O) groups is 2. The minimum absolute atomic E-state index is 0.00543. The second-order valence-electron chi connectivity index (χ2n) is 10.9. The predicted octanol–water partition coefficient (Wildman–Crippen LogP) is 4.86. The van der Waals surface area contributed by atoms with Crippen molar-refractivity contribution in [3.05, 3.63) is 59.7 Å². The Kier molecular flexibility index (Phi) is 8.23. The minimum atomic E-state index is -0.514. The van der Waals surface area contributed by atoms with Gasteiger partial charge < -0.3 is 24.8 Å². The van der Waals surface area contributed by atoms with Crippen LogP contribution in [0.4, 0.5) is 21.6 Å². The van der Waals surface area contributed by atoms with E-state index in [9.17, 15) is 14.0 Å². The molecule has 42 heavy (non-hydrogen) atoms. The summed E-state index contributed by atoms with van der Waals surface area (Å²) in [4.78, 5) is 35.3. The second-order valence-corrected chi connectivity index (χ2v) is 11.3. The molecule has 12 heteroatoms. The number of halogens is 2. The molecule has 1 aromatic heterocycles. The molecule has 3 aromatic rings. The molecular formula is C30H31ClFN5O5. The molecule has 3 aliphatic rings. The fourth-order valence-corrected chi connectivity index (χ4v) is 5.21. The summed E-state index contributed by atoms with van der Waals surface area (Å²) in [5, 5.41) is 6.75. The van der Waals surface area contributed by atoms with E-state index < -0.39 is 11.4 Å². The number of anilines is 3. The van der Waals surface area contributed by atoms with Gasteiger partial charge in [-0.25, -0.2) is 19.2 Å². The van der Waals surface area contributed by atoms with E-state index in [2.05, 4.69) is 25.5 Å². The molecule has 2 N–H and O–H groups in total. The van der Waals surface area contributed by atoms with E-state index in [-0.39, 0.29) is 23.5 Å². The topological polar surface area (TPSA) is 115 Å². The summed E-state index contributed by atoms with van der Waals surface area (Å²) >= 11 is 5.95. The number of piperidine rings is 1. The summed E-state index contributed by atoms with van der Waals surface area (Å²) in [6.45, 7) is 3.03. The van der Waals surface area contributed by atoms with Crippen molar-refractivity contribution in [1.29, 1.82) is 0 Å². The molecular weight excluding hydrogens is 565 g/mol. The number of benzene rings is 2. The lowest BCUT2D eigenvalue weighted by atomic mass is 9.91. The van der Waals surface area contributed by atoms with Gasteiger partial charge in [-0.3, -0.25) is 9.69 Å². The third-order valence-corrected chi connectivity index (χ3v) is 8.03. The molecule has 10 nitrogen and oxygen atoms in total. The number of amides is 1. The Morgan fingerprint density at radius 3 is 2.79 bits per heavy atom. The van der Waals surface area contributed by atoms with Crippen LogP contribution in [-0.2, 0) is 19.1 Å². The van der Waals surface area contributed by atoms with E-state index in [1.54, 1.807) is 18.2 Å². The number of nitrogens with one attached hydrogen (secondary N) is 2. The molecule has 6 rings (SSSR count). The monoisotopic (exact) mass is 595 g/mol. The fourth-order valence-electron chi connectivity index (χ4n) is 5.03. The first kappa shape index (κ1) is 28.3. The molecule has 0 unspecified atom stereocenters. The molecule has 2 saturated heterocycles. The number of ether oxygens (including phenoxy) is 3. The fraction of sp³-hybridized carbons (Fsp3) is 0.400. The molecule has 0 radical (unpaired) electrons. The van der Waals surface area contributed by atoms with Crippen LogP contribution in [0.5, 0.6) is 5.75 Å². The maximum atomic E-state index is 13.7. The zero-order valence-corrected chi connectivity index (χ0v) is 23.7. The Labute approximate surface area is 247 Å². The standard InChI is InChI=1S/C30H31ClFN5O5/c31-22-12-20(5-6-23(22)32)35-29-21-13-25(26(40-15-19-3-4-19)14-24(21)33-18-34-29)36-27(38)2-1-9-37-10-7-30(8-11-37)17-41-28(39)16-42-30/h1-2,5-6,12-14,18-19H,3-4,7-11,15-17H2,(H,36,38)(H,33,34,35). The van der Waals surface area contributed by atoms with Gasteiger partial charge in [0.2, 0.25) is 5.91 Å². The number of cyclic esters (lactones) is 1. The Hall–Kier alpha value is -3.80. The number of likely N-dealkylation sites (tertiary alicyclic amines) is 1. The van der Waals surface area contributed by atoms with Crippen LogP contribution in [0, 0.1) is 11.7 Å². The van der Waals surface area contributed by atoms with Gasteiger partial charge in [0.1, 0.15) is 42.5 Å². The van der Waals surface area contributed by atoms with E-state index in [4.69, 9.17) is 25.8 Å². The van der Waals surface area contributed by atoms with Crippen LogP contribution in [-0.4, -0.2) is 71.8 Å². The average molecular weight is 596 g/mol. The molecule has 3 heterocycles. The number of carbonyl (C=O) groups excluding carboxylic acids is 2. The number of rotatable bonds is 9. The van der Waals surface area contributed by atoms with Gasteiger partial charge in [0.05, 0.1) is 22.8 Å². The number of hydrogen-bond donors (Lipinski definition) is 2. The van der Waals surface area contributed by atoms with Crippen LogP contribution < -0.4 is 15.4 Å². The molecule has 1 amide bonds. The van der Waals surface area contributed by atoms with E-state index in [1.165, 1.54) is 24.5 Å². The van der Waals surface area contributed by atoms with Gasteiger partial charge in [0.15, 0.2) is 0 Å². The summed E-state index contributed by atoms with van der Waals surface area (Å²) < 4.78 is 30.7. The Morgan fingerprint density at radius 1 is 1.21 bits per heavy atom. The zero-order chi connectivity index (χ0) is 29.1. The highest BCUT2D eigenvalue weighted by Crippen LogP contribution is 2.36. The van der Waals surface area contributed by atoms with Crippen molar-refractivity contribution in [2.45, 2.75) is 31.3 Å². The first-order chi connectivity index (χ1) is 20.4. The maximum Gasteiger partial charge on any atom is 0.332 e. The van der Waals surface area contributed by atoms with Crippen molar-refractivity contribution in [1.82, 2.24) is 14.9 Å². The molecule has 1 spiro atoms. The summed E-state index contributed by atoms with van der Waals surface area (Å²) in [6, 6.07) is 7.88. The van der Waals surface area contributed by atoms with E-state index in [0.29, 0.717) is 59.5 Å². The van der Waals surface area contributed by atoms with Crippen LogP contribution in [0.1, 0.15) is 25.7 Å². The van der Waals surface area contributed by atoms with Gasteiger partial charge in [-0.05, 0) is 55.9 Å². The maximum absolute atomic E-state index is 13.7. The van der Waals surface area contributed by atoms with E-state index in [0.717, 1.165) is 38.8 Å². The lowest BCUT2D eigenvalue weighted by Crippen LogP contribution is -2.52. The number of esters is 1. The largest absolute Gasteiger partial charge is 0.491 e. The summed E-state index contributed by atoms with van der Waals surface area (Å²) in [7, 11) is 0. The third-order valence-electron chi connectivity index (χ3n) is 7.74. The first-order valence-corrected chi connectivity index (χ1v) is 14.4. The van der Waals surface area contributed by atoms with Crippen molar-refractivity contribution in [2.75, 3.05) is 50.1 Å². The Bertz CT molecular complexity index is 1510. The smallest absolute Gasteiger partial charge is 0.332 e. The van der Waals surface area contributed by atoms with Crippen LogP contribution in [0.3, 0.4) is 0 Å². The molecule has 2 aromatic carbocycles. The zero-order valence-electron chi connectivity index (χ0n) is 22.9. The van der Waals surface area contributed by atoms with Crippen molar-refractivity contribution in [3.8, 4) is 5.75 Å². The summed E-state index contributed by atoms with van der Waals surface area (Å²) in [5.41, 5.74) is 1.29. The minimum Gasteiger partial charge on any atom is -0.491 e. The second kappa shape index (κ2) is 12.2. The normalized spacial score (nSPS) is 18.8. The molecule has 3 fully saturated rings. The molecule has 2 aliphatic heterocycles. The van der Waals surface area contributed by atoms with Crippen LogP contribution in [0.15, 0.2) is 48.8 Å². The highest BCUT2D eigenvalue weighted by molar-refractivity contribution is 6.31. The van der Waals surface area contributed by atoms with Crippen LogP contribution in [0.2, 0.25) is 5.02 Å². The quantitative estimate of drug-likeness (QED) is 0.264. The Balaban J connectivity index is 1.14. The predicted molar refractivity (Wildman–Crippen MR) is 156 cm³/mol. The van der Waals surface area contributed by atoms with E-state index >= 15 is 0 Å².